The lowest BCUT2D eigenvalue weighted by molar-refractivity contribution is -0.144. The van der Waals surface area contributed by atoms with E-state index in [2.05, 4.69) is 16.0 Å². The number of hydrogen-bond donors (Lipinski definition) is 3. The van der Waals surface area contributed by atoms with Crippen molar-refractivity contribution in [2.75, 3.05) is 13.6 Å². The number of carbonyl (C=O) groups is 4. The van der Waals surface area contributed by atoms with E-state index in [0.717, 1.165) is 43.2 Å². The number of carbonyl (C=O) groups excluding carboxylic acids is 4. The maximum atomic E-state index is 14.1. The number of nitrogens with one attached hydrogen (secondary N) is 3. The molecule has 2 fully saturated rings. The van der Waals surface area contributed by atoms with E-state index in [-0.39, 0.29) is 35.5 Å². The maximum Gasteiger partial charge on any atom is 0.246 e. The van der Waals surface area contributed by atoms with Crippen molar-refractivity contribution in [2.45, 2.75) is 89.3 Å². The van der Waals surface area contributed by atoms with E-state index < -0.39 is 24.0 Å². The van der Waals surface area contributed by atoms with Gasteiger partial charge in [0, 0.05) is 25.4 Å². The largest absolute Gasteiger partial charge is 0.357 e. The molecule has 0 unspecified atom stereocenters. The summed E-state index contributed by atoms with van der Waals surface area (Å²) in [5, 5.41) is 8.86. The lowest BCUT2D eigenvalue weighted by Gasteiger charge is -2.36. The Kier molecular flexibility index (Phi) is 11.2. The van der Waals surface area contributed by atoms with Crippen LogP contribution in [-0.2, 0) is 19.2 Å². The lowest BCUT2D eigenvalue weighted by atomic mass is 9.83. The second kappa shape index (κ2) is 15.0. The van der Waals surface area contributed by atoms with Crippen LogP contribution in [-0.4, -0.2) is 60.2 Å². The van der Waals surface area contributed by atoms with Gasteiger partial charge in [-0.25, -0.2) is 0 Å². The van der Waals surface area contributed by atoms with Crippen LogP contribution in [0.5, 0.6) is 0 Å². The summed E-state index contributed by atoms with van der Waals surface area (Å²) < 4.78 is 0. The van der Waals surface area contributed by atoms with E-state index >= 15 is 0 Å². The highest BCUT2D eigenvalue weighted by molar-refractivity contribution is 5.95. The molecule has 4 atom stereocenters. The first-order valence-corrected chi connectivity index (χ1v) is 15.6. The van der Waals surface area contributed by atoms with Crippen LogP contribution in [0.15, 0.2) is 60.7 Å². The fraction of sp³-hybridized carbons (Fsp3) is 0.529. The van der Waals surface area contributed by atoms with Gasteiger partial charge in [-0.15, -0.1) is 0 Å². The van der Waals surface area contributed by atoms with Crippen molar-refractivity contribution < 1.29 is 19.2 Å². The van der Waals surface area contributed by atoms with Gasteiger partial charge < -0.3 is 20.9 Å². The summed E-state index contributed by atoms with van der Waals surface area (Å²) in [5.41, 5.74) is 1.81. The first-order chi connectivity index (χ1) is 20.3. The summed E-state index contributed by atoms with van der Waals surface area (Å²) in [7, 11) is 1.56. The lowest BCUT2D eigenvalue weighted by Crippen LogP contribution is -2.58. The maximum absolute atomic E-state index is 14.1. The molecule has 2 aliphatic rings. The average Bonchev–Trinajstić information content (AvgIpc) is 3.54. The molecule has 2 aromatic rings. The molecule has 42 heavy (non-hydrogen) atoms. The molecule has 8 heteroatoms. The summed E-state index contributed by atoms with van der Waals surface area (Å²) in [6, 6.07) is 17.1. The number of likely N-dealkylation sites (N-methyl/N-ethyl adjacent to an activating group) is 1. The van der Waals surface area contributed by atoms with Gasteiger partial charge in [0.1, 0.15) is 18.1 Å². The Bertz CT molecular complexity index is 1160. The Morgan fingerprint density at radius 3 is 1.95 bits per heavy atom. The van der Waals surface area contributed by atoms with E-state index in [1.807, 2.05) is 74.5 Å². The zero-order chi connectivity index (χ0) is 30.1. The summed E-state index contributed by atoms with van der Waals surface area (Å²) in [6.45, 7) is 4.28. The van der Waals surface area contributed by atoms with E-state index in [4.69, 9.17) is 0 Å². The van der Waals surface area contributed by atoms with Crippen LogP contribution in [0.25, 0.3) is 0 Å². The van der Waals surface area contributed by atoms with Gasteiger partial charge in [-0.05, 0) is 49.1 Å². The summed E-state index contributed by atoms with van der Waals surface area (Å²) >= 11 is 0. The van der Waals surface area contributed by atoms with E-state index in [0.29, 0.717) is 25.8 Å². The number of benzene rings is 2. The molecule has 0 spiro atoms. The van der Waals surface area contributed by atoms with Crippen molar-refractivity contribution in [1.82, 2.24) is 20.9 Å². The van der Waals surface area contributed by atoms with Gasteiger partial charge in [0.15, 0.2) is 0 Å². The predicted octanol–water partition coefficient (Wildman–Crippen LogP) is 4.15. The second-order valence-electron chi connectivity index (χ2n) is 11.8. The fourth-order valence-electron chi connectivity index (χ4n) is 6.41. The Morgan fingerprint density at radius 1 is 0.810 bits per heavy atom. The van der Waals surface area contributed by atoms with Gasteiger partial charge in [0.25, 0.3) is 0 Å². The van der Waals surface area contributed by atoms with Crippen molar-refractivity contribution in [1.29, 1.82) is 0 Å². The first kappa shape index (κ1) is 31.3. The molecule has 1 heterocycles. The minimum Gasteiger partial charge on any atom is -0.357 e. The highest BCUT2D eigenvalue weighted by Crippen LogP contribution is 2.31. The van der Waals surface area contributed by atoms with Crippen molar-refractivity contribution in [3.63, 3.8) is 0 Å². The van der Waals surface area contributed by atoms with E-state index in [1.165, 1.54) is 0 Å². The summed E-state index contributed by atoms with van der Waals surface area (Å²) in [4.78, 5) is 56.0. The van der Waals surface area contributed by atoms with Crippen molar-refractivity contribution in [3.8, 4) is 0 Å². The summed E-state index contributed by atoms with van der Waals surface area (Å²) in [6.07, 6.45) is 6.86. The molecule has 0 aromatic heterocycles. The minimum atomic E-state index is -0.885. The average molecular weight is 575 g/mol. The molecule has 0 bridgehead atoms. The van der Waals surface area contributed by atoms with Crippen LogP contribution in [0.4, 0.5) is 0 Å². The van der Waals surface area contributed by atoms with Crippen molar-refractivity contribution in [2.24, 2.45) is 11.8 Å². The Morgan fingerprint density at radius 2 is 1.40 bits per heavy atom. The molecule has 8 nitrogen and oxygen atoms in total. The van der Waals surface area contributed by atoms with Gasteiger partial charge in [-0.1, -0.05) is 93.8 Å². The van der Waals surface area contributed by atoms with E-state index in [1.54, 1.807) is 11.9 Å². The monoisotopic (exact) mass is 574 g/mol. The molecular weight excluding hydrogens is 528 g/mol. The van der Waals surface area contributed by atoms with Gasteiger partial charge >= 0.3 is 0 Å². The van der Waals surface area contributed by atoms with E-state index in [9.17, 15) is 19.2 Å². The highest BCUT2D eigenvalue weighted by atomic mass is 16.2. The molecule has 4 rings (SSSR count). The van der Waals surface area contributed by atoms with Gasteiger partial charge in [-0.2, -0.15) is 0 Å². The molecule has 226 valence electrons. The molecule has 1 saturated heterocycles. The zero-order valence-corrected chi connectivity index (χ0v) is 25.2. The molecular formula is C34H46N4O4. The van der Waals surface area contributed by atoms with Crippen LogP contribution in [0.2, 0.25) is 0 Å². The van der Waals surface area contributed by atoms with Crippen molar-refractivity contribution in [3.05, 3.63) is 71.8 Å². The molecule has 2 aromatic carbocycles. The third-order valence-electron chi connectivity index (χ3n) is 9.06. The molecule has 1 saturated carbocycles. The smallest absolute Gasteiger partial charge is 0.246 e. The van der Waals surface area contributed by atoms with Crippen LogP contribution in [0, 0.1) is 11.8 Å². The summed E-state index contributed by atoms with van der Waals surface area (Å²) in [5.74, 6) is -1.51. The molecule has 4 amide bonds. The number of hydrogen-bond acceptors (Lipinski definition) is 4. The quantitative estimate of drug-likeness (QED) is 0.375. The van der Waals surface area contributed by atoms with Crippen LogP contribution < -0.4 is 16.0 Å². The predicted molar refractivity (Wildman–Crippen MR) is 163 cm³/mol. The van der Waals surface area contributed by atoms with Crippen molar-refractivity contribution >= 4 is 23.6 Å². The number of likely N-dealkylation sites (tertiary alicyclic amines) is 1. The van der Waals surface area contributed by atoms with Gasteiger partial charge in [0.2, 0.25) is 23.6 Å². The van der Waals surface area contributed by atoms with Gasteiger partial charge in [-0.3, -0.25) is 19.2 Å². The fourth-order valence-corrected chi connectivity index (χ4v) is 6.41. The molecule has 1 aliphatic carbocycles. The van der Waals surface area contributed by atoms with Crippen LogP contribution in [0.3, 0.4) is 0 Å². The normalized spacial score (nSPS) is 19.5. The zero-order valence-electron chi connectivity index (χ0n) is 25.2. The SMILES string of the molecule is CC[C@@H](C)C(=O)N[C@H](C(=O)N1CCC[C@H]1C(=O)N[C@H](C(=O)NC)C(c1ccccc1)c1ccccc1)C1CCCCC1. The van der Waals surface area contributed by atoms with Gasteiger partial charge in [0.05, 0.1) is 0 Å². The minimum absolute atomic E-state index is 0.0581. The number of amides is 4. The molecule has 0 radical (unpaired) electrons. The Balaban J connectivity index is 1.59. The Hall–Kier alpha value is -3.68. The third-order valence-corrected chi connectivity index (χ3v) is 9.06. The van der Waals surface area contributed by atoms with Crippen LogP contribution >= 0.6 is 0 Å². The second-order valence-corrected chi connectivity index (χ2v) is 11.8. The number of rotatable bonds is 11. The van der Waals surface area contributed by atoms with Crippen LogP contribution in [0.1, 0.15) is 82.3 Å². The molecule has 1 aliphatic heterocycles. The topological polar surface area (TPSA) is 108 Å². The highest BCUT2D eigenvalue weighted by Gasteiger charge is 2.42. The first-order valence-electron chi connectivity index (χ1n) is 15.6. The molecule has 3 N–H and O–H groups in total. The Labute approximate surface area is 250 Å². The standard InChI is InChI=1S/C34H46N4O4/c1-4-23(2)31(39)36-29(26-19-12-7-13-20-26)34(42)38-22-14-21-27(38)32(40)37-30(33(41)35-3)28(24-15-8-5-9-16-24)25-17-10-6-11-18-25/h5-6,8-11,15-18,23,26-30H,4,7,12-14,19-22H2,1-3H3,(H,35,41)(H,36,39)(H,37,40)/t23-,27+,29+,30+/m1/s1. The number of nitrogens with zero attached hydrogens (tertiary/aromatic N) is 1. The third kappa shape index (κ3) is 7.39.